The number of benzene rings is 2. The van der Waals surface area contributed by atoms with E-state index in [1.807, 2.05) is 90.4 Å². The van der Waals surface area contributed by atoms with Gasteiger partial charge in [-0.2, -0.15) is 0 Å². The SMILES string of the molecule is CC(=O)Nc1c(I)c(C(=O)NCC(O)CO)c(C)c(C(=O)N(CC(O)CO)CC(O)CNC(=O)c2c(I)c(NC(C)=O)c(I)c(C(=O)NCC(O)CO)c2I)c1I. The molecule has 2 aromatic rings. The molecule has 0 radical (unpaired) electrons. The zero-order valence-electron chi connectivity index (χ0n) is 30.4. The third-order valence-corrected chi connectivity index (χ3v) is 13.1. The lowest BCUT2D eigenvalue weighted by atomic mass is 9.98. The number of amides is 6. The van der Waals surface area contributed by atoms with Crippen LogP contribution < -0.4 is 26.6 Å². The summed E-state index contributed by atoms with van der Waals surface area (Å²) in [5, 5.41) is 81.9. The minimum absolute atomic E-state index is 0.00952. The Morgan fingerprint density at radius 3 is 1.25 bits per heavy atom. The van der Waals surface area contributed by atoms with E-state index >= 15 is 0 Å². The summed E-state index contributed by atoms with van der Waals surface area (Å²) in [6.45, 7) is -0.281. The Kier molecular flexibility index (Phi) is 22.0. The smallest absolute Gasteiger partial charge is 0.255 e. The van der Waals surface area contributed by atoms with E-state index in [-0.39, 0.29) is 70.1 Å². The van der Waals surface area contributed by atoms with Crippen LogP contribution in [0.5, 0.6) is 0 Å². The lowest BCUT2D eigenvalue weighted by Crippen LogP contribution is -2.46. The predicted molar refractivity (Wildman–Crippen MR) is 248 cm³/mol. The summed E-state index contributed by atoms with van der Waals surface area (Å²) in [6.07, 6.45) is -5.53. The van der Waals surface area contributed by atoms with Crippen molar-refractivity contribution >= 4 is 160 Å². The lowest BCUT2D eigenvalue weighted by Gasteiger charge is -2.29. The molecular formula is C33H41I5N6O13. The molecule has 0 aliphatic heterocycles. The quantitative estimate of drug-likeness (QED) is 0.0805. The van der Waals surface area contributed by atoms with Crippen LogP contribution in [-0.4, -0.2) is 153 Å². The fraction of sp³-hybridized carbons (Fsp3) is 0.455. The Labute approximate surface area is 394 Å². The Hall–Kier alpha value is -1.37. The van der Waals surface area contributed by atoms with Crippen molar-refractivity contribution in [1.29, 1.82) is 0 Å². The van der Waals surface area contributed by atoms with Gasteiger partial charge in [-0.1, -0.05) is 0 Å². The molecule has 6 amide bonds. The van der Waals surface area contributed by atoms with E-state index in [0.717, 1.165) is 4.90 Å². The van der Waals surface area contributed by atoms with Crippen LogP contribution in [0.4, 0.5) is 11.4 Å². The highest BCUT2D eigenvalue weighted by Crippen LogP contribution is 2.37. The third-order valence-electron chi connectivity index (χ3n) is 7.72. The molecule has 0 saturated carbocycles. The van der Waals surface area contributed by atoms with Crippen LogP contribution in [0.15, 0.2) is 0 Å². The Balaban J connectivity index is 2.56. The van der Waals surface area contributed by atoms with Gasteiger partial charge in [0.2, 0.25) is 11.8 Å². The van der Waals surface area contributed by atoms with E-state index < -0.39 is 99.3 Å². The summed E-state index contributed by atoms with van der Waals surface area (Å²) in [4.78, 5) is 80.0. The number of aliphatic hydroxyl groups excluding tert-OH is 7. The van der Waals surface area contributed by atoms with Crippen molar-refractivity contribution in [2.45, 2.75) is 45.2 Å². The Morgan fingerprint density at radius 2 is 0.860 bits per heavy atom. The van der Waals surface area contributed by atoms with Gasteiger partial charge in [-0.3, -0.25) is 28.8 Å². The number of hydrogen-bond donors (Lipinski definition) is 12. The minimum atomic E-state index is -1.51. The fourth-order valence-electron chi connectivity index (χ4n) is 5.01. The monoisotopic (exact) mass is 1360 g/mol. The summed E-state index contributed by atoms with van der Waals surface area (Å²) in [6, 6.07) is 0. The molecule has 4 unspecified atom stereocenters. The van der Waals surface area contributed by atoms with Gasteiger partial charge < -0.3 is 67.2 Å². The van der Waals surface area contributed by atoms with E-state index in [1.165, 1.54) is 20.8 Å². The van der Waals surface area contributed by atoms with Gasteiger partial charge in [0.25, 0.3) is 23.6 Å². The maximum atomic E-state index is 14.3. The van der Waals surface area contributed by atoms with Crippen LogP contribution in [0.1, 0.15) is 60.8 Å². The average molecular weight is 1360 g/mol. The van der Waals surface area contributed by atoms with Gasteiger partial charge in [-0.25, -0.2) is 0 Å². The van der Waals surface area contributed by atoms with Crippen molar-refractivity contribution in [3.05, 3.63) is 45.7 Å². The van der Waals surface area contributed by atoms with Crippen LogP contribution in [0.3, 0.4) is 0 Å². The fourth-order valence-corrected chi connectivity index (χ4v) is 12.0. The van der Waals surface area contributed by atoms with Crippen LogP contribution >= 0.6 is 113 Å². The molecule has 0 heterocycles. The van der Waals surface area contributed by atoms with Crippen molar-refractivity contribution in [2.24, 2.45) is 0 Å². The number of carbonyl (C=O) groups excluding carboxylic acids is 6. The predicted octanol–water partition coefficient (Wildman–Crippen LogP) is -0.313. The topological polar surface area (TPSA) is 307 Å². The Morgan fingerprint density at radius 1 is 0.526 bits per heavy atom. The number of nitrogens with one attached hydrogen (secondary N) is 5. The molecule has 316 valence electrons. The molecule has 0 spiro atoms. The van der Waals surface area contributed by atoms with E-state index in [0.29, 0.717) is 0 Å². The molecule has 0 saturated heterocycles. The van der Waals surface area contributed by atoms with E-state index in [4.69, 9.17) is 5.11 Å². The van der Waals surface area contributed by atoms with Crippen LogP contribution in [0.25, 0.3) is 0 Å². The number of carbonyl (C=O) groups is 6. The van der Waals surface area contributed by atoms with Gasteiger partial charge in [-0.05, 0) is 125 Å². The van der Waals surface area contributed by atoms with Gasteiger partial charge in [0.05, 0.1) is 92.1 Å². The van der Waals surface area contributed by atoms with Crippen LogP contribution in [-0.2, 0) is 9.59 Å². The standard InChI is InChI=1S/C33H41I5N6O13/c1-12-19(30(54)40-5-16(51)9-45)24(35)28(42-13(2)48)25(36)20(12)33(57)44(8-18(53)11-47)7-15(50)4-39-31(55)21-23(34)22(32(56)41-6-17(52)10-46)27(38)29(26(21)37)43-14(3)49/h15-18,45-47,50-53H,4-11H2,1-3H3,(H,39,55)(H,40,54)(H,41,56)(H,42,48)(H,43,49). The highest BCUT2D eigenvalue weighted by atomic mass is 127. The van der Waals surface area contributed by atoms with E-state index in [1.54, 1.807) is 22.6 Å². The zero-order chi connectivity index (χ0) is 43.5. The normalized spacial score (nSPS) is 13.2. The highest BCUT2D eigenvalue weighted by Gasteiger charge is 2.33. The minimum Gasteiger partial charge on any atom is -0.394 e. The van der Waals surface area contributed by atoms with Crippen LogP contribution in [0.2, 0.25) is 0 Å². The first kappa shape index (κ1) is 51.8. The Bertz CT molecular complexity index is 1870. The molecule has 2 aromatic carbocycles. The van der Waals surface area contributed by atoms with Gasteiger partial charge in [-0.15, -0.1) is 0 Å². The summed E-state index contributed by atoms with van der Waals surface area (Å²) < 4.78 is 1.16. The molecule has 57 heavy (non-hydrogen) atoms. The summed E-state index contributed by atoms with van der Waals surface area (Å²) in [7, 11) is 0. The molecule has 0 fully saturated rings. The molecule has 0 aromatic heterocycles. The molecule has 12 N–H and O–H groups in total. The molecule has 2 rings (SSSR count). The van der Waals surface area contributed by atoms with Gasteiger partial charge in [0.1, 0.15) is 0 Å². The molecular weight excluding hydrogens is 1320 g/mol. The first-order valence-corrected chi connectivity index (χ1v) is 22.0. The van der Waals surface area contributed by atoms with Gasteiger partial charge in [0, 0.05) is 50.1 Å². The first-order valence-electron chi connectivity index (χ1n) is 16.6. The summed E-state index contributed by atoms with van der Waals surface area (Å²) in [5.74, 6) is -4.09. The molecule has 4 atom stereocenters. The molecule has 0 bridgehead atoms. The van der Waals surface area contributed by atoms with Gasteiger partial charge >= 0.3 is 0 Å². The highest BCUT2D eigenvalue weighted by molar-refractivity contribution is 14.1. The second-order valence-corrected chi connectivity index (χ2v) is 17.7. The lowest BCUT2D eigenvalue weighted by molar-refractivity contribution is -0.115. The molecule has 0 aliphatic carbocycles. The number of hydrogen-bond acceptors (Lipinski definition) is 13. The van der Waals surface area contributed by atoms with E-state index in [9.17, 15) is 59.4 Å². The number of nitrogens with zero attached hydrogens (tertiary/aromatic N) is 1. The second kappa shape index (κ2) is 24.2. The first-order chi connectivity index (χ1) is 26.6. The molecule has 0 aliphatic rings. The number of rotatable bonds is 19. The van der Waals surface area contributed by atoms with Crippen molar-refractivity contribution in [2.75, 3.05) is 63.2 Å². The number of anilines is 2. The largest absolute Gasteiger partial charge is 0.394 e. The third kappa shape index (κ3) is 14.1. The van der Waals surface area contributed by atoms with Crippen molar-refractivity contribution < 1.29 is 64.5 Å². The van der Waals surface area contributed by atoms with Crippen molar-refractivity contribution in [3.8, 4) is 0 Å². The second-order valence-electron chi connectivity index (χ2n) is 12.3. The van der Waals surface area contributed by atoms with Gasteiger partial charge in [0.15, 0.2) is 0 Å². The zero-order valence-corrected chi connectivity index (χ0v) is 41.2. The number of aliphatic hydroxyl groups is 7. The molecule has 24 heteroatoms. The van der Waals surface area contributed by atoms with E-state index in [2.05, 4.69) is 26.6 Å². The summed E-state index contributed by atoms with van der Waals surface area (Å²) in [5.41, 5.74) is 0.200. The maximum Gasteiger partial charge on any atom is 0.255 e. The van der Waals surface area contributed by atoms with Crippen molar-refractivity contribution in [3.63, 3.8) is 0 Å². The number of halogens is 5. The summed E-state index contributed by atoms with van der Waals surface area (Å²) >= 11 is 9.08. The molecule has 19 nitrogen and oxygen atoms in total. The maximum absolute atomic E-state index is 14.3. The van der Waals surface area contributed by atoms with Crippen LogP contribution in [0, 0.1) is 24.8 Å². The average Bonchev–Trinajstić information content (AvgIpc) is 3.14. The van der Waals surface area contributed by atoms with Crippen molar-refractivity contribution in [1.82, 2.24) is 20.9 Å².